The number of fused-ring (bicyclic) bond motifs is 1. The quantitative estimate of drug-likeness (QED) is 0.578. The molecule has 4 rings (SSSR count). The highest BCUT2D eigenvalue weighted by molar-refractivity contribution is 6.33. The van der Waals surface area contributed by atoms with Crippen molar-refractivity contribution in [1.82, 2.24) is 14.4 Å². The average molecular weight is 364 g/mol. The molecule has 3 N–H and O–H groups in total. The van der Waals surface area contributed by atoms with E-state index in [0.29, 0.717) is 27.9 Å². The molecule has 0 saturated carbocycles. The van der Waals surface area contributed by atoms with Crippen molar-refractivity contribution in [3.63, 3.8) is 0 Å². The summed E-state index contributed by atoms with van der Waals surface area (Å²) in [5.74, 6) is 0.124. The highest BCUT2D eigenvalue weighted by atomic mass is 35.5. The van der Waals surface area contributed by atoms with Crippen molar-refractivity contribution in [3.05, 3.63) is 77.7 Å². The fourth-order valence-corrected chi connectivity index (χ4v) is 2.80. The number of nitrogens with zero attached hydrogens (tertiary/aromatic N) is 3. The number of para-hydroxylation sites is 1. The van der Waals surface area contributed by atoms with E-state index in [1.807, 2.05) is 30.5 Å². The molecule has 0 bridgehead atoms. The number of rotatable bonds is 3. The van der Waals surface area contributed by atoms with Gasteiger partial charge in [-0.3, -0.25) is 4.79 Å². The van der Waals surface area contributed by atoms with Gasteiger partial charge in [0.1, 0.15) is 17.2 Å². The van der Waals surface area contributed by atoms with Crippen LogP contribution in [0.1, 0.15) is 10.5 Å². The van der Waals surface area contributed by atoms with Gasteiger partial charge in [0.25, 0.3) is 5.91 Å². The predicted molar refractivity (Wildman–Crippen MR) is 102 cm³/mol. The summed E-state index contributed by atoms with van der Waals surface area (Å²) in [7, 11) is 0. The number of hydrogen-bond donors (Lipinski definition) is 2. The number of nitrogens with two attached hydrogens (primary N) is 1. The first-order valence-electron chi connectivity index (χ1n) is 7.88. The fraction of sp³-hybridized carbons (Fsp3) is 0. The number of nitrogen functional groups attached to an aromatic ring is 1. The summed E-state index contributed by atoms with van der Waals surface area (Å²) in [6, 6.07) is 16.2. The van der Waals surface area contributed by atoms with E-state index in [9.17, 15) is 4.79 Å². The summed E-state index contributed by atoms with van der Waals surface area (Å²) in [6.07, 6.45) is 3.52. The molecule has 0 saturated heterocycles. The molecule has 7 heteroatoms. The number of aromatic nitrogens is 3. The molecule has 26 heavy (non-hydrogen) atoms. The Labute approximate surface area is 154 Å². The van der Waals surface area contributed by atoms with Gasteiger partial charge >= 0.3 is 0 Å². The van der Waals surface area contributed by atoms with Crippen molar-refractivity contribution in [2.75, 3.05) is 11.1 Å². The predicted octanol–water partition coefficient (Wildman–Crippen LogP) is 3.88. The normalized spacial score (nSPS) is 10.8. The molecule has 0 aliphatic carbocycles. The molecule has 0 unspecified atom stereocenters. The number of nitrogens with one attached hydrogen (secondary N) is 1. The Hall–Kier alpha value is -3.38. The largest absolute Gasteiger partial charge is 0.384 e. The molecule has 0 atom stereocenters. The van der Waals surface area contributed by atoms with E-state index in [2.05, 4.69) is 15.3 Å². The van der Waals surface area contributed by atoms with Crippen LogP contribution in [-0.2, 0) is 0 Å². The van der Waals surface area contributed by atoms with Crippen LogP contribution in [0.4, 0.5) is 11.5 Å². The number of benzene rings is 1. The summed E-state index contributed by atoms with van der Waals surface area (Å²) < 4.78 is 1.78. The van der Waals surface area contributed by atoms with Gasteiger partial charge in [0, 0.05) is 18.0 Å². The van der Waals surface area contributed by atoms with Crippen molar-refractivity contribution in [3.8, 4) is 11.3 Å². The molecule has 4 aromatic rings. The molecular formula is C19H14ClN5O. The molecule has 0 spiro atoms. The van der Waals surface area contributed by atoms with Crippen LogP contribution >= 0.6 is 11.6 Å². The second-order valence-electron chi connectivity index (χ2n) is 5.69. The van der Waals surface area contributed by atoms with E-state index in [4.69, 9.17) is 17.3 Å². The number of hydrogen-bond acceptors (Lipinski definition) is 4. The van der Waals surface area contributed by atoms with Crippen LogP contribution in [0.25, 0.3) is 16.9 Å². The van der Waals surface area contributed by atoms with Crippen LogP contribution in [0.3, 0.4) is 0 Å². The van der Waals surface area contributed by atoms with E-state index in [-0.39, 0.29) is 5.91 Å². The number of carbonyl (C=O) groups excluding carboxylic acids is 1. The van der Waals surface area contributed by atoms with Crippen molar-refractivity contribution in [2.45, 2.75) is 0 Å². The lowest BCUT2D eigenvalue weighted by Gasteiger charge is -2.04. The molecule has 3 heterocycles. The summed E-state index contributed by atoms with van der Waals surface area (Å²) >= 11 is 6.08. The Morgan fingerprint density at radius 3 is 2.65 bits per heavy atom. The Balaban J connectivity index is 1.65. The van der Waals surface area contributed by atoms with Gasteiger partial charge in [0.15, 0.2) is 0 Å². The molecule has 0 aliphatic heterocycles. The number of pyridine rings is 2. The van der Waals surface area contributed by atoms with Crippen molar-refractivity contribution in [2.24, 2.45) is 0 Å². The highest BCUT2D eigenvalue weighted by Crippen LogP contribution is 2.22. The third-order valence-electron chi connectivity index (χ3n) is 3.87. The molecule has 0 aliphatic rings. The van der Waals surface area contributed by atoms with Crippen LogP contribution in [0.15, 0.2) is 67.0 Å². The average Bonchev–Trinajstić information content (AvgIpc) is 3.07. The van der Waals surface area contributed by atoms with Crippen LogP contribution in [-0.4, -0.2) is 20.3 Å². The van der Waals surface area contributed by atoms with Crippen molar-refractivity contribution >= 4 is 34.7 Å². The molecule has 3 aromatic heterocycles. The van der Waals surface area contributed by atoms with Gasteiger partial charge in [-0.1, -0.05) is 29.8 Å². The van der Waals surface area contributed by atoms with Crippen molar-refractivity contribution in [1.29, 1.82) is 0 Å². The lowest BCUT2D eigenvalue weighted by molar-refractivity contribution is 0.102. The SMILES string of the molecule is Nc1cccc(-c2ccc3nc(C(=O)Nc4ccccc4Cl)cn3c2)n1. The zero-order chi connectivity index (χ0) is 18.1. The summed E-state index contributed by atoms with van der Waals surface area (Å²) in [5, 5.41) is 3.24. The molecule has 1 amide bonds. The molecular weight excluding hydrogens is 350 g/mol. The number of amides is 1. The lowest BCUT2D eigenvalue weighted by atomic mass is 10.2. The molecule has 0 fully saturated rings. The smallest absolute Gasteiger partial charge is 0.275 e. The Bertz CT molecular complexity index is 1120. The van der Waals surface area contributed by atoms with E-state index < -0.39 is 0 Å². The van der Waals surface area contributed by atoms with E-state index in [1.165, 1.54) is 0 Å². The Kier molecular flexibility index (Phi) is 4.02. The maximum atomic E-state index is 12.5. The minimum absolute atomic E-state index is 0.294. The number of halogens is 1. The van der Waals surface area contributed by atoms with Gasteiger partial charge < -0.3 is 15.5 Å². The van der Waals surface area contributed by atoms with Crippen LogP contribution in [0.2, 0.25) is 5.02 Å². The van der Waals surface area contributed by atoms with E-state index in [1.54, 1.807) is 40.9 Å². The minimum atomic E-state index is -0.328. The van der Waals surface area contributed by atoms with Gasteiger partial charge in [-0.2, -0.15) is 0 Å². The highest BCUT2D eigenvalue weighted by Gasteiger charge is 2.13. The van der Waals surface area contributed by atoms with E-state index >= 15 is 0 Å². The van der Waals surface area contributed by atoms with Gasteiger partial charge in [0.2, 0.25) is 0 Å². The standard InChI is InChI=1S/C19H14ClN5O/c20-13-4-1-2-5-15(13)24-19(26)16-11-25-10-12(8-9-18(25)23-16)14-6-3-7-17(21)22-14/h1-11H,(H2,21,22)(H,24,26). The summed E-state index contributed by atoms with van der Waals surface area (Å²) in [6.45, 7) is 0. The Morgan fingerprint density at radius 1 is 1.00 bits per heavy atom. The summed E-state index contributed by atoms with van der Waals surface area (Å²) in [4.78, 5) is 21.1. The zero-order valence-corrected chi connectivity index (χ0v) is 14.3. The number of imidazole rings is 1. The topological polar surface area (TPSA) is 85.3 Å². The first-order valence-corrected chi connectivity index (χ1v) is 8.25. The second-order valence-corrected chi connectivity index (χ2v) is 6.10. The molecule has 6 nitrogen and oxygen atoms in total. The van der Waals surface area contributed by atoms with Crippen molar-refractivity contribution < 1.29 is 4.79 Å². The first-order chi connectivity index (χ1) is 12.6. The molecule has 128 valence electrons. The van der Waals surface area contributed by atoms with Crippen LogP contribution in [0, 0.1) is 0 Å². The maximum absolute atomic E-state index is 12.5. The van der Waals surface area contributed by atoms with E-state index in [0.717, 1.165) is 11.3 Å². The van der Waals surface area contributed by atoms with Gasteiger partial charge in [0.05, 0.1) is 16.4 Å². The Morgan fingerprint density at radius 2 is 1.85 bits per heavy atom. The van der Waals surface area contributed by atoms with Crippen LogP contribution < -0.4 is 11.1 Å². The fourth-order valence-electron chi connectivity index (χ4n) is 2.61. The third-order valence-corrected chi connectivity index (χ3v) is 4.20. The monoisotopic (exact) mass is 363 g/mol. The molecule has 1 aromatic carbocycles. The maximum Gasteiger partial charge on any atom is 0.275 e. The zero-order valence-electron chi connectivity index (χ0n) is 13.6. The van der Waals surface area contributed by atoms with Gasteiger partial charge in [-0.25, -0.2) is 9.97 Å². The molecule has 0 radical (unpaired) electrons. The minimum Gasteiger partial charge on any atom is -0.384 e. The number of anilines is 2. The van der Waals surface area contributed by atoms with Crippen LogP contribution in [0.5, 0.6) is 0 Å². The number of carbonyl (C=O) groups is 1. The summed E-state index contributed by atoms with van der Waals surface area (Å²) in [5.41, 5.74) is 8.86. The first kappa shape index (κ1) is 16.1. The second kappa shape index (κ2) is 6.50. The lowest BCUT2D eigenvalue weighted by Crippen LogP contribution is -2.12. The van der Waals surface area contributed by atoms with Gasteiger partial charge in [-0.15, -0.1) is 0 Å². The third kappa shape index (κ3) is 3.10. The van der Waals surface area contributed by atoms with Gasteiger partial charge in [-0.05, 0) is 36.4 Å².